The second-order valence-corrected chi connectivity index (χ2v) is 5.56. The molecule has 1 N–H and O–H groups in total. The molecule has 0 aliphatic rings. The maximum Gasteiger partial charge on any atom is 0.0657 e. The molecule has 0 aliphatic heterocycles. The summed E-state index contributed by atoms with van der Waals surface area (Å²) in [5, 5.41) is 3.71. The molecule has 0 amide bonds. The Balaban J connectivity index is 2.75. The first-order chi connectivity index (χ1) is 9.19. The molecular formula is C16H24BrNO. The maximum atomic E-state index is 5.35. The smallest absolute Gasteiger partial charge is 0.0657 e. The van der Waals surface area contributed by atoms with Crippen LogP contribution >= 0.6 is 15.9 Å². The SMILES string of the molecule is COC[C@H](N[C@H](C/C=C\Br)C(C)C)c1ccccc1. The number of halogens is 1. The Morgan fingerprint density at radius 3 is 2.47 bits per heavy atom. The molecule has 0 spiro atoms. The van der Waals surface area contributed by atoms with E-state index in [1.165, 1.54) is 5.56 Å². The Hall–Kier alpha value is -0.640. The molecule has 0 unspecified atom stereocenters. The summed E-state index contributed by atoms with van der Waals surface area (Å²) in [6.07, 6.45) is 3.16. The van der Waals surface area contributed by atoms with Crippen molar-refractivity contribution in [3.63, 3.8) is 0 Å². The van der Waals surface area contributed by atoms with Crippen molar-refractivity contribution < 1.29 is 4.74 Å². The average Bonchev–Trinajstić information content (AvgIpc) is 2.43. The fourth-order valence-electron chi connectivity index (χ4n) is 2.08. The van der Waals surface area contributed by atoms with E-state index in [0.717, 1.165) is 6.42 Å². The molecule has 0 fully saturated rings. The molecule has 0 saturated heterocycles. The maximum absolute atomic E-state index is 5.35. The van der Waals surface area contributed by atoms with E-state index in [1.807, 2.05) is 11.1 Å². The zero-order valence-electron chi connectivity index (χ0n) is 12.0. The Morgan fingerprint density at radius 2 is 1.95 bits per heavy atom. The zero-order valence-corrected chi connectivity index (χ0v) is 13.6. The van der Waals surface area contributed by atoms with Crippen LogP contribution in [-0.2, 0) is 4.74 Å². The van der Waals surface area contributed by atoms with Crippen LogP contribution in [0, 0.1) is 5.92 Å². The molecule has 0 bridgehead atoms. The van der Waals surface area contributed by atoms with Gasteiger partial charge in [-0.15, -0.1) is 0 Å². The van der Waals surface area contributed by atoms with Gasteiger partial charge in [0.1, 0.15) is 0 Å². The summed E-state index contributed by atoms with van der Waals surface area (Å²) in [7, 11) is 1.75. The van der Waals surface area contributed by atoms with Crippen molar-refractivity contribution in [1.82, 2.24) is 5.32 Å². The molecule has 1 aromatic rings. The third-order valence-corrected chi connectivity index (χ3v) is 3.61. The first-order valence-electron chi connectivity index (χ1n) is 6.74. The predicted octanol–water partition coefficient (Wildman–Crippen LogP) is 4.29. The molecule has 3 heteroatoms. The molecule has 1 rings (SSSR count). The number of benzene rings is 1. The van der Waals surface area contributed by atoms with Gasteiger partial charge in [-0.25, -0.2) is 0 Å². The van der Waals surface area contributed by atoms with Gasteiger partial charge in [0.15, 0.2) is 0 Å². The molecule has 2 nitrogen and oxygen atoms in total. The summed E-state index contributed by atoms with van der Waals surface area (Å²) in [4.78, 5) is 1.93. The number of nitrogens with one attached hydrogen (secondary N) is 1. The van der Waals surface area contributed by atoms with E-state index in [4.69, 9.17) is 4.74 Å². The number of hydrogen-bond acceptors (Lipinski definition) is 2. The molecule has 0 aliphatic carbocycles. The van der Waals surface area contributed by atoms with Crippen molar-refractivity contribution in [2.75, 3.05) is 13.7 Å². The minimum Gasteiger partial charge on any atom is -0.383 e. The van der Waals surface area contributed by atoms with E-state index in [0.29, 0.717) is 18.6 Å². The molecule has 0 radical (unpaired) electrons. The number of rotatable bonds is 8. The molecule has 19 heavy (non-hydrogen) atoms. The number of hydrogen-bond donors (Lipinski definition) is 1. The third kappa shape index (κ3) is 5.89. The topological polar surface area (TPSA) is 21.3 Å². The van der Waals surface area contributed by atoms with E-state index in [1.54, 1.807) is 7.11 Å². The van der Waals surface area contributed by atoms with E-state index < -0.39 is 0 Å². The number of methoxy groups -OCH3 is 1. The lowest BCUT2D eigenvalue weighted by Gasteiger charge is -2.27. The molecule has 106 valence electrons. The van der Waals surface area contributed by atoms with Gasteiger partial charge in [-0.05, 0) is 22.9 Å². The fourth-order valence-corrected chi connectivity index (χ4v) is 2.30. The summed E-state index contributed by atoms with van der Waals surface area (Å²) in [5.74, 6) is 0.576. The van der Waals surface area contributed by atoms with Crippen LogP contribution in [0.5, 0.6) is 0 Å². The highest BCUT2D eigenvalue weighted by atomic mass is 79.9. The standard InChI is InChI=1S/C16H24BrNO/c1-13(2)15(10-7-11-17)18-16(12-19-3)14-8-5-4-6-9-14/h4-9,11,13,15-16,18H,10,12H2,1-3H3/b11-7-/t15-,16+/m1/s1. The van der Waals surface area contributed by atoms with E-state index in [2.05, 4.69) is 65.4 Å². The Labute approximate surface area is 125 Å². The van der Waals surface area contributed by atoms with E-state index >= 15 is 0 Å². The van der Waals surface area contributed by atoms with Crippen LogP contribution in [0.4, 0.5) is 0 Å². The van der Waals surface area contributed by atoms with Gasteiger partial charge in [-0.2, -0.15) is 0 Å². The molecule has 0 heterocycles. The summed E-state index contributed by atoms with van der Waals surface area (Å²) in [5.41, 5.74) is 1.28. The van der Waals surface area contributed by atoms with Crippen LogP contribution < -0.4 is 5.32 Å². The predicted molar refractivity (Wildman–Crippen MR) is 85.5 cm³/mol. The molecule has 0 saturated carbocycles. The second-order valence-electron chi connectivity index (χ2n) is 5.03. The average molecular weight is 326 g/mol. The van der Waals surface area contributed by atoms with Crippen molar-refractivity contribution in [1.29, 1.82) is 0 Å². The van der Waals surface area contributed by atoms with Gasteiger partial charge in [0.25, 0.3) is 0 Å². The lowest BCUT2D eigenvalue weighted by atomic mass is 9.98. The van der Waals surface area contributed by atoms with Crippen molar-refractivity contribution in [2.45, 2.75) is 32.4 Å². The minimum absolute atomic E-state index is 0.238. The summed E-state index contributed by atoms with van der Waals surface area (Å²) in [6.45, 7) is 5.18. The molecular weight excluding hydrogens is 302 g/mol. The first-order valence-corrected chi connectivity index (χ1v) is 7.65. The minimum atomic E-state index is 0.238. The molecule has 2 atom stereocenters. The Bertz CT molecular complexity index is 364. The van der Waals surface area contributed by atoms with Gasteiger partial charge in [-0.1, -0.05) is 66.2 Å². The Kier molecular flexibility index (Phi) is 8.03. The zero-order chi connectivity index (χ0) is 14.1. The van der Waals surface area contributed by atoms with Crippen LogP contribution in [0.15, 0.2) is 41.4 Å². The first kappa shape index (κ1) is 16.4. The van der Waals surface area contributed by atoms with Crippen LogP contribution in [-0.4, -0.2) is 19.8 Å². The fraction of sp³-hybridized carbons (Fsp3) is 0.500. The highest BCUT2D eigenvalue weighted by Gasteiger charge is 2.18. The van der Waals surface area contributed by atoms with Crippen molar-refractivity contribution >= 4 is 15.9 Å². The van der Waals surface area contributed by atoms with Gasteiger partial charge >= 0.3 is 0 Å². The van der Waals surface area contributed by atoms with Crippen LogP contribution in [0.1, 0.15) is 31.9 Å². The van der Waals surface area contributed by atoms with Crippen LogP contribution in [0.3, 0.4) is 0 Å². The summed E-state index contributed by atoms with van der Waals surface area (Å²) < 4.78 is 5.35. The quantitative estimate of drug-likeness (QED) is 0.769. The summed E-state index contributed by atoms with van der Waals surface area (Å²) >= 11 is 3.34. The number of ether oxygens (including phenoxy) is 1. The van der Waals surface area contributed by atoms with Gasteiger partial charge in [0, 0.05) is 13.2 Å². The van der Waals surface area contributed by atoms with Crippen LogP contribution in [0.2, 0.25) is 0 Å². The third-order valence-electron chi connectivity index (χ3n) is 3.23. The lowest BCUT2D eigenvalue weighted by molar-refractivity contribution is 0.156. The van der Waals surface area contributed by atoms with Gasteiger partial charge in [0.2, 0.25) is 0 Å². The molecule has 1 aromatic carbocycles. The van der Waals surface area contributed by atoms with E-state index in [9.17, 15) is 0 Å². The monoisotopic (exact) mass is 325 g/mol. The largest absolute Gasteiger partial charge is 0.383 e. The molecule has 0 aromatic heterocycles. The Morgan fingerprint density at radius 1 is 1.26 bits per heavy atom. The van der Waals surface area contributed by atoms with Crippen LogP contribution in [0.25, 0.3) is 0 Å². The highest BCUT2D eigenvalue weighted by molar-refractivity contribution is 9.11. The van der Waals surface area contributed by atoms with Crippen molar-refractivity contribution in [3.8, 4) is 0 Å². The van der Waals surface area contributed by atoms with Gasteiger partial charge in [0.05, 0.1) is 12.6 Å². The normalized spacial score (nSPS) is 15.0. The highest BCUT2D eigenvalue weighted by Crippen LogP contribution is 2.17. The second kappa shape index (κ2) is 9.29. The van der Waals surface area contributed by atoms with Gasteiger partial charge < -0.3 is 10.1 Å². The van der Waals surface area contributed by atoms with E-state index in [-0.39, 0.29) is 6.04 Å². The summed E-state index contributed by atoms with van der Waals surface area (Å²) in [6, 6.07) is 11.2. The van der Waals surface area contributed by atoms with Crippen molar-refractivity contribution in [2.24, 2.45) is 5.92 Å². The lowest BCUT2D eigenvalue weighted by Crippen LogP contribution is -2.38. The van der Waals surface area contributed by atoms with Gasteiger partial charge in [-0.3, -0.25) is 0 Å². The van der Waals surface area contributed by atoms with Crippen molar-refractivity contribution in [3.05, 3.63) is 47.0 Å².